The summed E-state index contributed by atoms with van der Waals surface area (Å²) in [5.74, 6) is 0.00630. The highest BCUT2D eigenvalue weighted by Crippen LogP contribution is 2.26. The number of halogens is 1. The maximum atomic E-state index is 12.2. The van der Waals surface area contributed by atoms with Gasteiger partial charge in [-0.05, 0) is 37.6 Å². The molecule has 0 aliphatic carbocycles. The fraction of sp³-hybridized carbons (Fsp3) is 0.154. The van der Waals surface area contributed by atoms with E-state index >= 15 is 0 Å². The van der Waals surface area contributed by atoms with Crippen LogP contribution in [0.15, 0.2) is 30.3 Å². The number of ketones is 1. The predicted molar refractivity (Wildman–Crippen MR) is 68.7 cm³/mol. The second-order valence-corrected chi connectivity index (χ2v) is 5.32. The maximum Gasteiger partial charge on any atom is 0.204 e. The van der Waals surface area contributed by atoms with Gasteiger partial charge in [-0.2, -0.15) is 0 Å². The van der Waals surface area contributed by atoms with Crippen molar-refractivity contribution in [3.8, 4) is 0 Å². The molecule has 1 nitrogen and oxygen atoms in total. The fourth-order valence-corrected chi connectivity index (χ4v) is 2.67. The van der Waals surface area contributed by atoms with Crippen molar-refractivity contribution in [1.82, 2.24) is 0 Å². The molecule has 16 heavy (non-hydrogen) atoms. The molecule has 0 aliphatic rings. The Labute approximate surface area is 104 Å². The van der Waals surface area contributed by atoms with E-state index in [0.29, 0.717) is 10.6 Å². The number of benzene rings is 1. The molecule has 0 bridgehead atoms. The van der Waals surface area contributed by atoms with Crippen LogP contribution in [0.5, 0.6) is 0 Å². The number of carbonyl (C=O) groups is 1. The van der Waals surface area contributed by atoms with Gasteiger partial charge in [0.25, 0.3) is 0 Å². The molecule has 0 N–H and O–H groups in total. The first kappa shape index (κ1) is 11.4. The van der Waals surface area contributed by atoms with Crippen molar-refractivity contribution in [2.75, 3.05) is 0 Å². The molecule has 0 unspecified atom stereocenters. The molecule has 1 heterocycles. The van der Waals surface area contributed by atoms with Gasteiger partial charge in [-0.3, -0.25) is 4.79 Å². The molecule has 0 amide bonds. The molecule has 0 radical (unpaired) electrons. The molecular formula is C13H11ClOS. The standard InChI is InChI=1S/C13H11ClOS/c1-8-7-12(16-9(8)2)13(15)10-5-3-4-6-11(10)14/h3-7H,1-2H3. The third-order valence-corrected chi connectivity index (χ3v) is 3.99. The summed E-state index contributed by atoms with van der Waals surface area (Å²) < 4.78 is 0. The Kier molecular flexibility index (Phi) is 3.13. The van der Waals surface area contributed by atoms with Gasteiger partial charge in [0, 0.05) is 10.4 Å². The number of hydrogen-bond acceptors (Lipinski definition) is 2. The van der Waals surface area contributed by atoms with Gasteiger partial charge in [-0.1, -0.05) is 23.7 Å². The van der Waals surface area contributed by atoms with Crippen LogP contribution in [0, 0.1) is 13.8 Å². The minimum atomic E-state index is 0.00630. The van der Waals surface area contributed by atoms with E-state index in [-0.39, 0.29) is 5.78 Å². The lowest BCUT2D eigenvalue weighted by Crippen LogP contribution is -1.98. The Hall–Kier alpha value is -1.12. The van der Waals surface area contributed by atoms with E-state index in [2.05, 4.69) is 0 Å². The highest BCUT2D eigenvalue weighted by Gasteiger charge is 2.15. The third-order valence-electron chi connectivity index (χ3n) is 2.51. The molecule has 1 aromatic heterocycles. The topological polar surface area (TPSA) is 17.1 Å². The molecule has 0 saturated heterocycles. The summed E-state index contributed by atoms with van der Waals surface area (Å²) >= 11 is 7.52. The van der Waals surface area contributed by atoms with Gasteiger partial charge in [0.05, 0.1) is 9.90 Å². The highest BCUT2D eigenvalue weighted by molar-refractivity contribution is 7.14. The SMILES string of the molecule is Cc1cc(C(=O)c2ccccc2Cl)sc1C. The lowest BCUT2D eigenvalue weighted by molar-refractivity contribution is 0.104. The zero-order valence-electron chi connectivity index (χ0n) is 9.08. The number of thiophene rings is 1. The van der Waals surface area contributed by atoms with Crippen LogP contribution in [0.1, 0.15) is 25.7 Å². The predicted octanol–water partition coefficient (Wildman–Crippen LogP) is 4.25. The van der Waals surface area contributed by atoms with Gasteiger partial charge in [0.15, 0.2) is 0 Å². The molecule has 82 valence electrons. The quantitative estimate of drug-likeness (QED) is 0.729. The Morgan fingerprint density at radius 2 is 1.94 bits per heavy atom. The first-order valence-corrected chi connectivity index (χ1v) is 6.15. The van der Waals surface area contributed by atoms with Crippen LogP contribution in [0.3, 0.4) is 0 Å². The molecule has 1 aromatic carbocycles. The van der Waals surface area contributed by atoms with E-state index in [0.717, 1.165) is 10.4 Å². The van der Waals surface area contributed by atoms with Crippen LogP contribution < -0.4 is 0 Å². The first-order chi connectivity index (χ1) is 7.59. The van der Waals surface area contributed by atoms with Crippen LogP contribution in [-0.4, -0.2) is 5.78 Å². The monoisotopic (exact) mass is 250 g/mol. The van der Waals surface area contributed by atoms with Crippen LogP contribution in [-0.2, 0) is 0 Å². The van der Waals surface area contributed by atoms with E-state index in [1.165, 1.54) is 16.2 Å². The summed E-state index contributed by atoms with van der Waals surface area (Å²) in [4.78, 5) is 14.1. The number of rotatable bonds is 2. The van der Waals surface area contributed by atoms with Crippen molar-refractivity contribution >= 4 is 28.7 Å². The lowest BCUT2D eigenvalue weighted by atomic mass is 10.1. The van der Waals surface area contributed by atoms with E-state index in [1.54, 1.807) is 12.1 Å². The zero-order valence-corrected chi connectivity index (χ0v) is 10.7. The van der Waals surface area contributed by atoms with Crippen LogP contribution in [0.2, 0.25) is 5.02 Å². The number of hydrogen-bond donors (Lipinski definition) is 0. The molecule has 2 aromatic rings. The van der Waals surface area contributed by atoms with Crippen molar-refractivity contribution < 1.29 is 4.79 Å². The number of carbonyl (C=O) groups excluding carboxylic acids is 1. The van der Waals surface area contributed by atoms with Crippen molar-refractivity contribution in [3.63, 3.8) is 0 Å². The van der Waals surface area contributed by atoms with Crippen LogP contribution in [0.4, 0.5) is 0 Å². The van der Waals surface area contributed by atoms with Gasteiger partial charge in [0.1, 0.15) is 0 Å². The van der Waals surface area contributed by atoms with E-state index in [1.807, 2.05) is 32.0 Å². The normalized spacial score (nSPS) is 10.4. The average Bonchev–Trinajstić information content (AvgIpc) is 2.59. The van der Waals surface area contributed by atoms with Crippen molar-refractivity contribution in [3.05, 3.63) is 56.2 Å². The molecule has 0 aliphatic heterocycles. The summed E-state index contributed by atoms with van der Waals surface area (Å²) in [6.07, 6.45) is 0. The van der Waals surface area contributed by atoms with Crippen LogP contribution >= 0.6 is 22.9 Å². The third kappa shape index (κ3) is 2.04. The van der Waals surface area contributed by atoms with E-state index in [9.17, 15) is 4.79 Å². The maximum absolute atomic E-state index is 12.2. The number of aryl methyl sites for hydroxylation is 2. The van der Waals surface area contributed by atoms with Gasteiger partial charge in [-0.15, -0.1) is 11.3 Å². The molecule has 0 fully saturated rings. The Balaban J connectivity index is 2.43. The first-order valence-electron chi connectivity index (χ1n) is 4.96. The Morgan fingerprint density at radius 3 is 2.50 bits per heavy atom. The van der Waals surface area contributed by atoms with Gasteiger partial charge in [-0.25, -0.2) is 0 Å². The van der Waals surface area contributed by atoms with Gasteiger partial charge in [0.2, 0.25) is 5.78 Å². The minimum Gasteiger partial charge on any atom is -0.288 e. The molecule has 2 rings (SSSR count). The summed E-state index contributed by atoms with van der Waals surface area (Å²) in [6.45, 7) is 4.03. The summed E-state index contributed by atoms with van der Waals surface area (Å²) in [6, 6.07) is 9.07. The van der Waals surface area contributed by atoms with Gasteiger partial charge < -0.3 is 0 Å². The van der Waals surface area contributed by atoms with Crippen molar-refractivity contribution in [2.45, 2.75) is 13.8 Å². The van der Waals surface area contributed by atoms with Crippen LogP contribution in [0.25, 0.3) is 0 Å². The second kappa shape index (κ2) is 4.40. The largest absolute Gasteiger partial charge is 0.288 e. The molecule has 0 atom stereocenters. The molecule has 0 saturated carbocycles. The van der Waals surface area contributed by atoms with E-state index in [4.69, 9.17) is 11.6 Å². The zero-order chi connectivity index (χ0) is 11.7. The van der Waals surface area contributed by atoms with Crippen molar-refractivity contribution in [1.29, 1.82) is 0 Å². The molecule has 3 heteroatoms. The molecular weight excluding hydrogens is 240 g/mol. The average molecular weight is 251 g/mol. The summed E-state index contributed by atoms with van der Waals surface area (Å²) in [5.41, 5.74) is 1.73. The molecule has 0 spiro atoms. The minimum absolute atomic E-state index is 0.00630. The Bertz CT molecular complexity index is 523. The smallest absolute Gasteiger partial charge is 0.204 e. The van der Waals surface area contributed by atoms with E-state index < -0.39 is 0 Å². The Morgan fingerprint density at radius 1 is 1.25 bits per heavy atom. The van der Waals surface area contributed by atoms with Crippen molar-refractivity contribution in [2.24, 2.45) is 0 Å². The second-order valence-electron chi connectivity index (χ2n) is 3.66. The summed E-state index contributed by atoms with van der Waals surface area (Å²) in [5, 5.41) is 0.510. The summed E-state index contributed by atoms with van der Waals surface area (Å²) in [7, 11) is 0. The highest BCUT2D eigenvalue weighted by atomic mass is 35.5. The fourth-order valence-electron chi connectivity index (χ4n) is 1.46. The lowest BCUT2D eigenvalue weighted by Gasteiger charge is -2.00. The van der Waals surface area contributed by atoms with Gasteiger partial charge >= 0.3 is 0 Å².